The summed E-state index contributed by atoms with van der Waals surface area (Å²) in [6, 6.07) is 12.4. The van der Waals surface area contributed by atoms with Crippen molar-refractivity contribution in [3.8, 4) is 0 Å². The second kappa shape index (κ2) is 10.7. The van der Waals surface area contributed by atoms with E-state index < -0.39 is 10.0 Å². The Labute approximate surface area is 221 Å². The van der Waals surface area contributed by atoms with Crippen LogP contribution in [0.2, 0.25) is 0 Å². The fourth-order valence-corrected chi connectivity index (χ4v) is 6.28. The Morgan fingerprint density at radius 3 is 2.68 bits per heavy atom. The summed E-state index contributed by atoms with van der Waals surface area (Å²) in [5, 5.41) is 3.70. The highest BCUT2D eigenvalue weighted by Gasteiger charge is 2.33. The minimum Gasteiger partial charge on any atom is -0.383 e. The third-order valence-corrected chi connectivity index (χ3v) is 8.72. The highest BCUT2D eigenvalue weighted by atomic mass is 32.2. The second-order valence-electron chi connectivity index (χ2n) is 9.19. The molecule has 0 spiro atoms. The first-order valence-electron chi connectivity index (χ1n) is 12.4. The molecular formula is C27H30N4O6S. The normalized spacial score (nSPS) is 17.4. The number of carbonyl (C=O) groups is 2. The molecule has 5 rings (SSSR count). The quantitative estimate of drug-likeness (QED) is 0.347. The summed E-state index contributed by atoms with van der Waals surface area (Å²) in [5.74, 6) is -0.378. The number of benzene rings is 2. The Hall–Kier alpha value is -3.51. The molecule has 0 aliphatic carbocycles. The van der Waals surface area contributed by atoms with Crippen LogP contribution >= 0.6 is 0 Å². The molecule has 0 bridgehead atoms. The van der Waals surface area contributed by atoms with E-state index in [1.165, 1.54) is 9.21 Å². The molecule has 1 aromatic heterocycles. The van der Waals surface area contributed by atoms with Crippen molar-refractivity contribution < 1.29 is 27.5 Å². The van der Waals surface area contributed by atoms with Crippen LogP contribution in [0.3, 0.4) is 0 Å². The number of methoxy groups -OCH3 is 1. The van der Waals surface area contributed by atoms with Gasteiger partial charge in [-0.3, -0.25) is 9.59 Å². The second-order valence-corrected chi connectivity index (χ2v) is 11.1. The van der Waals surface area contributed by atoms with E-state index >= 15 is 0 Å². The first-order chi connectivity index (χ1) is 18.3. The molecule has 1 saturated heterocycles. The molecular weight excluding hydrogens is 508 g/mol. The number of hydrogen-bond donors (Lipinski definition) is 1. The van der Waals surface area contributed by atoms with Crippen LogP contribution < -0.4 is 10.2 Å². The Balaban J connectivity index is 1.53. The van der Waals surface area contributed by atoms with Crippen LogP contribution in [0.25, 0.3) is 22.6 Å². The standard InChI is InChI=1S/C27H30N4O6S/c1-29-24-8-7-20(38(34,35)31-10-13-37-14-11-31)16-22(24)23(27(29)33)15-19-17-30(18-26(32)28-9-12-36-2)25-6-4-3-5-21(19)25/h3-8,15-17H,9-14,18H2,1-2H3,(H,28,32). The summed E-state index contributed by atoms with van der Waals surface area (Å²) < 4.78 is 40.1. The van der Waals surface area contributed by atoms with Gasteiger partial charge in [-0.2, -0.15) is 4.31 Å². The number of nitrogens with one attached hydrogen (secondary N) is 1. The zero-order valence-corrected chi connectivity index (χ0v) is 22.2. The Bertz CT molecular complexity index is 1520. The Morgan fingerprint density at radius 2 is 1.92 bits per heavy atom. The number of carbonyl (C=O) groups excluding carboxylic acids is 2. The van der Waals surface area contributed by atoms with Gasteiger partial charge < -0.3 is 24.3 Å². The zero-order valence-electron chi connectivity index (χ0n) is 21.3. The number of nitrogens with zero attached hydrogens (tertiary/aromatic N) is 3. The summed E-state index contributed by atoms with van der Waals surface area (Å²) in [4.78, 5) is 27.4. The van der Waals surface area contributed by atoms with Crippen molar-refractivity contribution in [3.05, 3.63) is 59.8 Å². The molecule has 1 fully saturated rings. The molecule has 0 radical (unpaired) electrons. The fourth-order valence-electron chi connectivity index (χ4n) is 4.84. The molecule has 0 saturated carbocycles. The molecule has 10 nitrogen and oxygen atoms in total. The largest absolute Gasteiger partial charge is 0.383 e. The van der Waals surface area contributed by atoms with Crippen LogP contribution in [-0.4, -0.2) is 82.7 Å². The van der Waals surface area contributed by atoms with Crippen LogP contribution in [0.1, 0.15) is 11.1 Å². The molecule has 11 heteroatoms. The smallest absolute Gasteiger partial charge is 0.258 e. The van der Waals surface area contributed by atoms with Crippen molar-refractivity contribution >= 4 is 50.1 Å². The van der Waals surface area contributed by atoms with Crippen molar-refractivity contribution in [3.63, 3.8) is 0 Å². The summed E-state index contributed by atoms with van der Waals surface area (Å²) in [7, 11) is -0.482. The van der Waals surface area contributed by atoms with Crippen LogP contribution in [0, 0.1) is 0 Å². The minimum atomic E-state index is -3.73. The SMILES string of the molecule is COCCNC(=O)Cn1cc(C=C2C(=O)N(C)c3ccc(S(=O)(=O)N4CCOCC4)cc32)c2ccccc21. The number of ether oxygens (including phenoxy) is 2. The number of amides is 2. The third-order valence-electron chi connectivity index (χ3n) is 6.82. The Morgan fingerprint density at radius 1 is 1.16 bits per heavy atom. The summed E-state index contributed by atoms with van der Waals surface area (Å²) in [6.07, 6.45) is 3.62. The first kappa shape index (κ1) is 26.1. The molecule has 1 N–H and O–H groups in total. The lowest BCUT2D eigenvalue weighted by molar-refractivity contribution is -0.121. The highest BCUT2D eigenvalue weighted by Crippen LogP contribution is 2.39. The Kier molecular flexibility index (Phi) is 7.35. The van der Waals surface area contributed by atoms with Crippen LogP contribution in [-0.2, 0) is 35.6 Å². The summed E-state index contributed by atoms with van der Waals surface area (Å²) in [5.41, 5.74) is 3.21. The number of likely N-dealkylation sites (N-methyl/N-ethyl adjacent to an activating group) is 1. The van der Waals surface area contributed by atoms with Crippen molar-refractivity contribution in [2.24, 2.45) is 0 Å². The maximum absolute atomic E-state index is 13.3. The fraction of sp³-hybridized carbons (Fsp3) is 0.333. The molecule has 0 unspecified atom stereocenters. The molecule has 38 heavy (non-hydrogen) atoms. The number of rotatable bonds is 8. The summed E-state index contributed by atoms with van der Waals surface area (Å²) in [6.45, 7) is 2.24. The van der Waals surface area contributed by atoms with Crippen molar-refractivity contribution in [2.45, 2.75) is 11.4 Å². The number of fused-ring (bicyclic) bond motifs is 2. The minimum absolute atomic E-state index is 0.111. The number of para-hydroxylation sites is 1. The van der Waals surface area contributed by atoms with Gasteiger partial charge in [0.25, 0.3) is 5.91 Å². The van der Waals surface area contributed by atoms with E-state index in [-0.39, 0.29) is 23.3 Å². The maximum Gasteiger partial charge on any atom is 0.258 e. The average Bonchev–Trinajstić information content (AvgIpc) is 3.39. The van der Waals surface area contributed by atoms with Gasteiger partial charge in [0.1, 0.15) is 6.54 Å². The van der Waals surface area contributed by atoms with E-state index in [1.54, 1.807) is 38.4 Å². The highest BCUT2D eigenvalue weighted by molar-refractivity contribution is 7.89. The molecule has 0 atom stereocenters. The lowest BCUT2D eigenvalue weighted by Gasteiger charge is -2.26. The van der Waals surface area contributed by atoms with Crippen molar-refractivity contribution in [2.75, 3.05) is 58.5 Å². The van der Waals surface area contributed by atoms with E-state index in [2.05, 4.69) is 5.32 Å². The van der Waals surface area contributed by atoms with E-state index in [0.29, 0.717) is 56.3 Å². The molecule has 3 heterocycles. The van der Waals surface area contributed by atoms with Crippen LogP contribution in [0.15, 0.2) is 53.6 Å². The number of sulfonamides is 1. The zero-order chi connectivity index (χ0) is 26.9. The molecule has 3 aromatic rings. The molecule has 2 aromatic carbocycles. The van der Waals surface area contributed by atoms with Gasteiger partial charge in [-0.05, 0) is 30.3 Å². The van der Waals surface area contributed by atoms with E-state index in [9.17, 15) is 18.0 Å². The number of anilines is 1. The van der Waals surface area contributed by atoms with Gasteiger partial charge in [0.05, 0.1) is 30.4 Å². The van der Waals surface area contributed by atoms with Gasteiger partial charge in [0.15, 0.2) is 0 Å². The maximum atomic E-state index is 13.3. The average molecular weight is 539 g/mol. The van der Waals surface area contributed by atoms with Gasteiger partial charge in [-0.25, -0.2) is 8.42 Å². The number of hydrogen-bond acceptors (Lipinski definition) is 6. The monoisotopic (exact) mass is 538 g/mol. The molecule has 2 aliphatic rings. The van der Waals surface area contributed by atoms with Gasteiger partial charge in [-0.1, -0.05) is 18.2 Å². The van der Waals surface area contributed by atoms with Gasteiger partial charge in [0, 0.05) is 67.6 Å². The molecule has 200 valence electrons. The lowest BCUT2D eigenvalue weighted by atomic mass is 10.0. The molecule has 2 amide bonds. The topological polar surface area (TPSA) is 110 Å². The van der Waals surface area contributed by atoms with Gasteiger partial charge >= 0.3 is 0 Å². The number of aromatic nitrogens is 1. The lowest BCUT2D eigenvalue weighted by Crippen LogP contribution is -2.40. The predicted octanol–water partition coefficient (Wildman–Crippen LogP) is 1.94. The van der Waals surface area contributed by atoms with Crippen molar-refractivity contribution in [1.82, 2.24) is 14.2 Å². The van der Waals surface area contributed by atoms with E-state index in [1.807, 2.05) is 35.0 Å². The van der Waals surface area contributed by atoms with E-state index in [0.717, 1.165) is 16.5 Å². The van der Waals surface area contributed by atoms with Crippen molar-refractivity contribution in [1.29, 1.82) is 0 Å². The third kappa shape index (κ3) is 4.85. The molecule has 2 aliphatic heterocycles. The van der Waals surface area contributed by atoms with Crippen LogP contribution in [0.4, 0.5) is 5.69 Å². The first-order valence-corrected chi connectivity index (χ1v) is 13.8. The summed E-state index contributed by atoms with van der Waals surface area (Å²) >= 11 is 0. The van der Waals surface area contributed by atoms with Gasteiger partial charge in [0.2, 0.25) is 15.9 Å². The van der Waals surface area contributed by atoms with Gasteiger partial charge in [-0.15, -0.1) is 0 Å². The van der Waals surface area contributed by atoms with E-state index in [4.69, 9.17) is 9.47 Å². The number of morpholine rings is 1. The van der Waals surface area contributed by atoms with Crippen LogP contribution in [0.5, 0.6) is 0 Å². The predicted molar refractivity (Wildman–Crippen MR) is 144 cm³/mol.